The number of hydrogen-bond acceptors (Lipinski definition) is 3. The van der Waals surface area contributed by atoms with E-state index in [1.165, 1.54) is 6.42 Å². The van der Waals surface area contributed by atoms with Gasteiger partial charge >= 0.3 is 5.97 Å². The van der Waals surface area contributed by atoms with Crippen molar-refractivity contribution < 1.29 is 14.3 Å². The van der Waals surface area contributed by atoms with Crippen LogP contribution in [0.5, 0.6) is 0 Å². The van der Waals surface area contributed by atoms with Crippen LogP contribution in [0.15, 0.2) is 12.2 Å². The molecule has 1 saturated heterocycles. The highest BCUT2D eigenvalue weighted by Crippen LogP contribution is 2.61. The molecule has 0 aromatic carbocycles. The largest absolute Gasteiger partial charge is 0.459 e. The maximum atomic E-state index is 11.8. The minimum atomic E-state index is -0.242. The SMILES string of the molecule is CC12CCC3C(CCC4CC(=O)C=CC43C)C1CCC(=O)O2. The lowest BCUT2D eigenvalue weighted by Gasteiger charge is -2.59. The van der Waals surface area contributed by atoms with Crippen molar-refractivity contribution in [3.63, 3.8) is 0 Å². The summed E-state index contributed by atoms with van der Waals surface area (Å²) in [4.78, 5) is 23.5. The molecule has 0 aromatic heterocycles. The Bertz CT molecular complexity index is 551. The Balaban J connectivity index is 1.66. The van der Waals surface area contributed by atoms with Crippen LogP contribution in [0.3, 0.4) is 0 Å². The Hall–Kier alpha value is -1.12. The van der Waals surface area contributed by atoms with Gasteiger partial charge in [0.1, 0.15) is 5.60 Å². The molecule has 3 aliphatic carbocycles. The molecule has 0 N–H and O–H groups in total. The number of allylic oxidation sites excluding steroid dienone is 2. The van der Waals surface area contributed by atoms with Gasteiger partial charge in [-0.15, -0.1) is 0 Å². The topological polar surface area (TPSA) is 43.4 Å². The number of hydrogen-bond donors (Lipinski definition) is 0. The molecule has 0 radical (unpaired) electrons. The smallest absolute Gasteiger partial charge is 0.306 e. The molecule has 0 bridgehead atoms. The maximum Gasteiger partial charge on any atom is 0.306 e. The highest BCUT2D eigenvalue weighted by Gasteiger charge is 2.58. The lowest BCUT2D eigenvalue weighted by molar-refractivity contribution is -0.197. The minimum absolute atomic E-state index is 0.0137. The van der Waals surface area contributed by atoms with Gasteiger partial charge in [-0.2, -0.15) is 0 Å². The summed E-state index contributed by atoms with van der Waals surface area (Å²) in [6.07, 6.45) is 10.8. The van der Waals surface area contributed by atoms with Crippen molar-refractivity contribution in [3.8, 4) is 0 Å². The van der Waals surface area contributed by atoms with E-state index in [9.17, 15) is 9.59 Å². The zero-order chi connectivity index (χ0) is 15.5. The van der Waals surface area contributed by atoms with Crippen LogP contribution in [0.25, 0.3) is 0 Å². The van der Waals surface area contributed by atoms with Crippen LogP contribution in [0, 0.1) is 29.1 Å². The third kappa shape index (κ3) is 1.93. The average molecular weight is 302 g/mol. The number of fused-ring (bicyclic) bond motifs is 5. The average Bonchev–Trinajstić information content (AvgIpc) is 2.46. The second-order valence-corrected chi connectivity index (χ2v) is 8.38. The van der Waals surface area contributed by atoms with Crippen molar-refractivity contribution in [2.45, 2.75) is 64.4 Å². The normalized spacial score (nSPS) is 50.6. The van der Waals surface area contributed by atoms with E-state index in [1.807, 2.05) is 6.08 Å². The Labute approximate surface area is 132 Å². The Morgan fingerprint density at radius 3 is 2.73 bits per heavy atom. The van der Waals surface area contributed by atoms with Gasteiger partial charge in [-0.3, -0.25) is 9.59 Å². The Kier molecular flexibility index (Phi) is 3.08. The molecule has 6 unspecified atom stereocenters. The summed E-state index contributed by atoms with van der Waals surface area (Å²) in [7, 11) is 0. The van der Waals surface area contributed by atoms with Crippen molar-refractivity contribution in [1.29, 1.82) is 0 Å². The van der Waals surface area contributed by atoms with Gasteiger partial charge in [0.15, 0.2) is 5.78 Å². The Morgan fingerprint density at radius 1 is 1.09 bits per heavy atom. The van der Waals surface area contributed by atoms with Crippen LogP contribution >= 0.6 is 0 Å². The van der Waals surface area contributed by atoms with E-state index >= 15 is 0 Å². The molecule has 1 aliphatic heterocycles. The molecular weight excluding hydrogens is 276 g/mol. The molecule has 3 nitrogen and oxygen atoms in total. The predicted molar refractivity (Wildman–Crippen MR) is 83.0 cm³/mol. The first-order valence-corrected chi connectivity index (χ1v) is 8.86. The summed E-state index contributed by atoms with van der Waals surface area (Å²) in [5.41, 5.74) is -0.0759. The highest BCUT2D eigenvalue weighted by molar-refractivity contribution is 5.91. The van der Waals surface area contributed by atoms with Crippen molar-refractivity contribution in [2.24, 2.45) is 29.1 Å². The van der Waals surface area contributed by atoms with Crippen molar-refractivity contribution in [2.75, 3.05) is 0 Å². The van der Waals surface area contributed by atoms with Gasteiger partial charge in [-0.1, -0.05) is 13.0 Å². The highest BCUT2D eigenvalue weighted by atomic mass is 16.6. The summed E-state index contributed by atoms with van der Waals surface area (Å²) in [5, 5.41) is 0. The summed E-state index contributed by atoms with van der Waals surface area (Å²) in [6.45, 7) is 4.52. The van der Waals surface area contributed by atoms with Crippen LogP contribution < -0.4 is 0 Å². The minimum Gasteiger partial charge on any atom is -0.459 e. The first-order valence-electron chi connectivity index (χ1n) is 8.86. The zero-order valence-corrected chi connectivity index (χ0v) is 13.6. The monoisotopic (exact) mass is 302 g/mol. The summed E-state index contributed by atoms with van der Waals surface area (Å²) in [6, 6.07) is 0. The fourth-order valence-corrected chi connectivity index (χ4v) is 6.15. The number of ether oxygens (including phenoxy) is 1. The molecule has 0 spiro atoms. The van der Waals surface area contributed by atoms with E-state index in [1.54, 1.807) is 0 Å². The van der Waals surface area contributed by atoms with E-state index in [0.717, 1.165) is 32.1 Å². The molecule has 4 aliphatic rings. The third-order valence-electron chi connectivity index (χ3n) is 7.38. The van der Waals surface area contributed by atoms with Crippen LogP contribution in [-0.4, -0.2) is 17.4 Å². The van der Waals surface area contributed by atoms with Gasteiger partial charge in [0.05, 0.1) is 0 Å². The van der Waals surface area contributed by atoms with Gasteiger partial charge < -0.3 is 4.74 Å². The molecular formula is C19H26O3. The van der Waals surface area contributed by atoms with Crippen LogP contribution in [0.2, 0.25) is 0 Å². The number of rotatable bonds is 0. The van der Waals surface area contributed by atoms with E-state index in [0.29, 0.717) is 35.9 Å². The second-order valence-electron chi connectivity index (χ2n) is 8.38. The molecule has 3 fully saturated rings. The van der Waals surface area contributed by atoms with Gasteiger partial charge in [0.25, 0.3) is 0 Å². The first kappa shape index (κ1) is 14.5. The fourth-order valence-electron chi connectivity index (χ4n) is 6.15. The molecule has 120 valence electrons. The van der Waals surface area contributed by atoms with Crippen LogP contribution in [0.1, 0.15) is 58.8 Å². The third-order valence-corrected chi connectivity index (χ3v) is 7.38. The summed E-state index contributed by atoms with van der Waals surface area (Å²) >= 11 is 0. The number of carbonyl (C=O) groups is 2. The van der Waals surface area contributed by atoms with Crippen LogP contribution in [0.4, 0.5) is 0 Å². The van der Waals surface area contributed by atoms with Crippen molar-refractivity contribution >= 4 is 11.8 Å². The van der Waals surface area contributed by atoms with Crippen LogP contribution in [-0.2, 0) is 14.3 Å². The van der Waals surface area contributed by atoms with E-state index in [4.69, 9.17) is 4.74 Å². The molecule has 0 amide bonds. The molecule has 3 heteroatoms. The summed E-state index contributed by atoms with van der Waals surface area (Å²) in [5.74, 6) is 2.60. The lowest BCUT2D eigenvalue weighted by Crippen LogP contribution is -2.57. The first-order chi connectivity index (χ1) is 10.4. The standard InChI is InChI=1S/C19H26O3/c1-18-9-7-13(20)11-12(18)3-4-14-15(18)8-10-19(2)16(14)5-6-17(21)22-19/h7,9,12,14-16H,3-6,8,10-11H2,1-2H3. The quantitative estimate of drug-likeness (QED) is 0.641. The number of carbonyl (C=O) groups excluding carboxylic acids is 2. The van der Waals surface area contributed by atoms with E-state index in [2.05, 4.69) is 19.9 Å². The number of esters is 1. The zero-order valence-electron chi connectivity index (χ0n) is 13.6. The van der Waals surface area contributed by atoms with Crippen molar-refractivity contribution in [1.82, 2.24) is 0 Å². The maximum absolute atomic E-state index is 11.8. The van der Waals surface area contributed by atoms with Gasteiger partial charge in [-0.05, 0) is 68.3 Å². The van der Waals surface area contributed by atoms with Gasteiger partial charge in [0.2, 0.25) is 0 Å². The molecule has 22 heavy (non-hydrogen) atoms. The lowest BCUT2D eigenvalue weighted by atomic mass is 9.47. The Morgan fingerprint density at radius 2 is 1.91 bits per heavy atom. The predicted octanol–water partition coefficient (Wildman–Crippen LogP) is 3.67. The van der Waals surface area contributed by atoms with Crippen molar-refractivity contribution in [3.05, 3.63) is 12.2 Å². The molecule has 1 heterocycles. The second kappa shape index (κ2) is 4.69. The fraction of sp³-hybridized carbons (Fsp3) is 0.789. The van der Waals surface area contributed by atoms with E-state index in [-0.39, 0.29) is 17.0 Å². The number of ketones is 1. The summed E-state index contributed by atoms with van der Waals surface area (Å²) < 4.78 is 5.80. The van der Waals surface area contributed by atoms with Gasteiger partial charge in [0, 0.05) is 18.8 Å². The molecule has 0 aromatic rings. The van der Waals surface area contributed by atoms with Gasteiger partial charge in [-0.25, -0.2) is 0 Å². The molecule has 6 atom stereocenters. The molecule has 2 saturated carbocycles. The molecule has 4 rings (SSSR count). The van der Waals surface area contributed by atoms with E-state index < -0.39 is 0 Å².